The Morgan fingerprint density at radius 1 is 1.35 bits per heavy atom. The molecule has 3 rings (SSSR count). The van der Waals surface area contributed by atoms with Crippen LogP contribution >= 0.6 is 0 Å². The zero-order valence-corrected chi connectivity index (χ0v) is 11.9. The molecule has 3 heteroatoms. The lowest BCUT2D eigenvalue weighted by atomic mass is 9.68. The predicted octanol–water partition coefficient (Wildman–Crippen LogP) is 3.42. The quantitative estimate of drug-likeness (QED) is 0.723. The highest BCUT2D eigenvalue weighted by atomic mass is 16.5. The highest BCUT2D eigenvalue weighted by Gasteiger charge is 2.51. The van der Waals surface area contributed by atoms with Gasteiger partial charge in [-0.25, -0.2) is 0 Å². The molecule has 1 aliphatic carbocycles. The van der Waals surface area contributed by atoms with Crippen LogP contribution in [0, 0.1) is 16.7 Å². The van der Waals surface area contributed by atoms with Gasteiger partial charge in [-0.15, -0.1) is 0 Å². The van der Waals surface area contributed by atoms with Crippen molar-refractivity contribution in [3.8, 4) is 6.07 Å². The van der Waals surface area contributed by atoms with Gasteiger partial charge in [-0.2, -0.15) is 5.26 Å². The Morgan fingerprint density at radius 2 is 2.05 bits per heavy atom. The van der Waals surface area contributed by atoms with Crippen LogP contribution in [0.3, 0.4) is 0 Å². The number of allylic oxidation sites excluding steroid dienone is 1. The molecule has 2 unspecified atom stereocenters. The summed E-state index contributed by atoms with van der Waals surface area (Å²) < 4.78 is 6.20. The Labute approximate surface area is 118 Å². The molecule has 0 radical (unpaired) electrons. The number of fused-ring (bicyclic) bond motifs is 2. The van der Waals surface area contributed by atoms with Crippen LogP contribution in [0.5, 0.6) is 0 Å². The molecule has 0 saturated heterocycles. The summed E-state index contributed by atoms with van der Waals surface area (Å²) in [5.41, 5.74) is 1.22. The fourth-order valence-corrected chi connectivity index (χ4v) is 3.46. The Balaban J connectivity index is 2.23. The lowest BCUT2D eigenvalue weighted by Crippen LogP contribution is -2.40. The minimum Gasteiger partial charge on any atom is -0.358 e. The largest absolute Gasteiger partial charge is 0.358 e. The molecular formula is C17H17NO2. The molecule has 0 saturated carbocycles. The number of hydrogen-bond acceptors (Lipinski definition) is 3. The van der Waals surface area contributed by atoms with Gasteiger partial charge >= 0.3 is 0 Å². The molecule has 0 N–H and O–H groups in total. The molecule has 0 bridgehead atoms. The SMILES string of the molecule is CC1OC2(C=C(C#N)C(=O)C(C)(C)C2)c2ccccc21. The molecule has 1 aromatic carbocycles. The van der Waals surface area contributed by atoms with Gasteiger partial charge in [0, 0.05) is 5.41 Å². The normalized spacial score (nSPS) is 30.8. The first kappa shape index (κ1) is 13.1. The monoisotopic (exact) mass is 267 g/mol. The van der Waals surface area contributed by atoms with E-state index in [1.165, 1.54) is 0 Å². The van der Waals surface area contributed by atoms with Crippen molar-refractivity contribution < 1.29 is 9.53 Å². The number of ketones is 1. The molecule has 1 spiro atoms. The van der Waals surface area contributed by atoms with Crippen LogP contribution in [-0.4, -0.2) is 5.78 Å². The lowest BCUT2D eigenvalue weighted by Gasteiger charge is -2.38. The molecule has 2 aliphatic rings. The van der Waals surface area contributed by atoms with Crippen molar-refractivity contribution in [1.29, 1.82) is 5.26 Å². The molecule has 0 fully saturated rings. The number of carbonyl (C=O) groups is 1. The summed E-state index contributed by atoms with van der Waals surface area (Å²) in [6.45, 7) is 5.78. The third kappa shape index (κ3) is 1.65. The molecule has 1 aromatic rings. The maximum absolute atomic E-state index is 12.3. The fraction of sp³-hybridized carbons (Fsp3) is 0.412. The van der Waals surface area contributed by atoms with Crippen molar-refractivity contribution in [3.05, 3.63) is 47.0 Å². The van der Waals surface area contributed by atoms with Crippen LogP contribution in [0.15, 0.2) is 35.9 Å². The summed E-state index contributed by atoms with van der Waals surface area (Å²) in [5.74, 6) is -0.0914. The van der Waals surface area contributed by atoms with E-state index in [9.17, 15) is 10.1 Å². The van der Waals surface area contributed by atoms with Gasteiger partial charge in [0.2, 0.25) is 0 Å². The molecule has 102 valence electrons. The summed E-state index contributed by atoms with van der Waals surface area (Å²) in [5, 5.41) is 9.26. The smallest absolute Gasteiger partial charge is 0.178 e. The second-order valence-corrected chi connectivity index (χ2v) is 6.30. The Hall–Kier alpha value is -1.92. The van der Waals surface area contributed by atoms with Crippen molar-refractivity contribution in [3.63, 3.8) is 0 Å². The van der Waals surface area contributed by atoms with E-state index in [4.69, 9.17) is 4.74 Å². The minimum atomic E-state index is -0.640. The second-order valence-electron chi connectivity index (χ2n) is 6.30. The standard InChI is InChI=1S/C17H17NO2/c1-11-13-6-4-5-7-14(13)17(20-11)8-12(9-18)15(19)16(2,3)10-17/h4-8,11H,10H2,1-3H3. The van der Waals surface area contributed by atoms with E-state index in [1.807, 2.05) is 45.0 Å². The number of carbonyl (C=O) groups excluding carboxylic acids is 1. The molecular weight excluding hydrogens is 250 g/mol. The maximum Gasteiger partial charge on any atom is 0.178 e. The van der Waals surface area contributed by atoms with Gasteiger partial charge in [0.05, 0.1) is 11.7 Å². The third-order valence-electron chi connectivity index (χ3n) is 4.30. The predicted molar refractivity (Wildman–Crippen MR) is 74.7 cm³/mol. The fourth-order valence-electron chi connectivity index (χ4n) is 3.46. The van der Waals surface area contributed by atoms with E-state index in [1.54, 1.807) is 6.08 Å². The molecule has 2 atom stereocenters. The van der Waals surface area contributed by atoms with E-state index in [2.05, 4.69) is 6.07 Å². The van der Waals surface area contributed by atoms with E-state index in [-0.39, 0.29) is 17.5 Å². The van der Waals surface area contributed by atoms with Crippen LogP contribution in [0.25, 0.3) is 0 Å². The topological polar surface area (TPSA) is 50.1 Å². The average Bonchev–Trinajstić information content (AvgIpc) is 2.67. The summed E-state index contributed by atoms with van der Waals surface area (Å²) in [7, 11) is 0. The van der Waals surface area contributed by atoms with E-state index >= 15 is 0 Å². The van der Waals surface area contributed by atoms with Crippen LogP contribution in [-0.2, 0) is 15.1 Å². The van der Waals surface area contributed by atoms with Crippen molar-refractivity contribution in [2.45, 2.75) is 38.9 Å². The first-order chi connectivity index (χ1) is 9.39. The zero-order valence-electron chi connectivity index (χ0n) is 11.9. The summed E-state index contributed by atoms with van der Waals surface area (Å²) in [6.07, 6.45) is 2.28. The molecule has 20 heavy (non-hydrogen) atoms. The number of benzene rings is 1. The average molecular weight is 267 g/mol. The molecule has 3 nitrogen and oxygen atoms in total. The van der Waals surface area contributed by atoms with Crippen LogP contribution < -0.4 is 0 Å². The van der Waals surface area contributed by atoms with Crippen molar-refractivity contribution in [1.82, 2.24) is 0 Å². The van der Waals surface area contributed by atoms with Crippen LogP contribution in [0.4, 0.5) is 0 Å². The van der Waals surface area contributed by atoms with Gasteiger partial charge in [-0.3, -0.25) is 4.79 Å². The number of rotatable bonds is 0. The number of nitriles is 1. The first-order valence-electron chi connectivity index (χ1n) is 6.85. The van der Waals surface area contributed by atoms with E-state index in [0.717, 1.165) is 11.1 Å². The Morgan fingerprint density at radius 3 is 2.75 bits per heavy atom. The Bertz CT molecular complexity index is 666. The van der Waals surface area contributed by atoms with E-state index < -0.39 is 11.0 Å². The Kier molecular flexibility index (Phi) is 2.64. The summed E-state index contributed by atoms with van der Waals surface area (Å²) in [4.78, 5) is 12.3. The van der Waals surface area contributed by atoms with Gasteiger partial charge in [0.15, 0.2) is 5.78 Å². The second kappa shape index (κ2) is 4.04. The van der Waals surface area contributed by atoms with Gasteiger partial charge in [0.1, 0.15) is 11.7 Å². The van der Waals surface area contributed by atoms with Crippen molar-refractivity contribution in [2.24, 2.45) is 5.41 Å². The van der Waals surface area contributed by atoms with Gasteiger partial charge in [-0.05, 0) is 30.5 Å². The minimum absolute atomic E-state index is 0.0219. The highest BCUT2D eigenvalue weighted by Crippen LogP contribution is 2.53. The van der Waals surface area contributed by atoms with E-state index in [0.29, 0.717) is 6.42 Å². The maximum atomic E-state index is 12.3. The molecule has 1 heterocycles. The summed E-state index contributed by atoms with van der Waals surface area (Å²) in [6, 6.07) is 10.1. The van der Waals surface area contributed by atoms with Gasteiger partial charge < -0.3 is 4.74 Å². The zero-order chi connectivity index (χ0) is 14.5. The number of Topliss-reactive ketones (excluding diaryl/α,β-unsaturated/α-hetero) is 1. The highest BCUT2D eigenvalue weighted by molar-refractivity contribution is 6.04. The van der Waals surface area contributed by atoms with Crippen LogP contribution in [0.1, 0.15) is 44.4 Å². The van der Waals surface area contributed by atoms with Gasteiger partial charge in [-0.1, -0.05) is 38.1 Å². The number of ether oxygens (including phenoxy) is 1. The number of hydrogen-bond donors (Lipinski definition) is 0. The third-order valence-corrected chi connectivity index (χ3v) is 4.30. The first-order valence-corrected chi connectivity index (χ1v) is 6.85. The van der Waals surface area contributed by atoms with Crippen LogP contribution in [0.2, 0.25) is 0 Å². The lowest BCUT2D eigenvalue weighted by molar-refractivity contribution is -0.131. The molecule has 1 aliphatic heterocycles. The van der Waals surface area contributed by atoms with Crippen molar-refractivity contribution in [2.75, 3.05) is 0 Å². The number of nitrogens with zero attached hydrogens (tertiary/aromatic N) is 1. The van der Waals surface area contributed by atoms with Crippen molar-refractivity contribution >= 4 is 5.78 Å². The summed E-state index contributed by atoms with van der Waals surface area (Å²) >= 11 is 0. The van der Waals surface area contributed by atoms with Gasteiger partial charge in [0.25, 0.3) is 0 Å². The molecule has 0 aromatic heterocycles. The molecule has 0 amide bonds.